The van der Waals surface area contributed by atoms with Gasteiger partial charge in [0.1, 0.15) is 0 Å². The minimum Gasteiger partial charge on any atom is -0.326 e. The zero-order valence-corrected chi connectivity index (χ0v) is 14.3. The topological polar surface area (TPSA) is 32.3 Å². The average molecular weight is 322 g/mol. The van der Waals surface area contributed by atoms with Crippen LogP contribution >= 0.6 is 0 Å². The number of amides is 1. The average Bonchev–Trinajstić information content (AvgIpc) is 2.63. The van der Waals surface area contributed by atoms with E-state index in [2.05, 4.69) is 47.5 Å². The monoisotopic (exact) mass is 322 g/mol. The molecule has 2 aromatic carbocycles. The summed E-state index contributed by atoms with van der Waals surface area (Å²) in [7, 11) is 0. The number of benzene rings is 2. The van der Waals surface area contributed by atoms with Gasteiger partial charge in [0, 0.05) is 18.2 Å². The highest BCUT2D eigenvalue weighted by molar-refractivity contribution is 5.92. The SMILES string of the molecule is CC(C(=O)Nc1ccccc1)C1CCN(Cc2ccccc2)CC1. The van der Waals surface area contributed by atoms with E-state index in [-0.39, 0.29) is 11.8 Å². The molecule has 1 aliphatic rings. The van der Waals surface area contributed by atoms with Crippen molar-refractivity contribution in [3.05, 3.63) is 66.2 Å². The number of carbonyl (C=O) groups is 1. The highest BCUT2D eigenvalue weighted by Crippen LogP contribution is 2.26. The minimum atomic E-state index is 0.0593. The van der Waals surface area contributed by atoms with Crippen LogP contribution in [0.25, 0.3) is 0 Å². The van der Waals surface area contributed by atoms with Crippen LogP contribution in [0.3, 0.4) is 0 Å². The van der Waals surface area contributed by atoms with Gasteiger partial charge in [-0.1, -0.05) is 55.5 Å². The Hall–Kier alpha value is -2.13. The molecule has 1 aliphatic heterocycles. The van der Waals surface area contributed by atoms with Gasteiger partial charge in [-0.2, -0.15) is 0 Å². The Bertz CT molecular complexity index is 633. The molecular formula is C21H26N2O. The van der Waals surface area contributed by atoms with Gasteiger partial charge in [-0.15, -0.1) is 0 Å². The number of carbonyl (C=O) groups excluding carboxylic acids is 1. The molecule has 0 aromatic heterocycles. The Morgan fingerprint density at radius 1 is 1.04 bits per heavy atom. The second-order valence-corrected chi connectivity index (χ2v) is 6.74. The first-order valence-corrected chi connectivity index (χ1v) is 8.84. The first kappa shape index (κ1) is 16.7. The van der Waals surface area contributed by atoms with Crippen molar-refractivity contribution >= 4 is 11.6 Å². The molecule has 0 spiro atoms. The summed E-state index contributed by atoms with van der Waals surface area (Å²) >= 11 is 0. The third kappa shape index (κ3) is 4.45. The van der Waals surface area contributed by atoms with E-state index in [1.165, 1.54) is 5.56 Å². The van der Waals surface area contributed by atoms with Crippen LogP contribution in [0, 0.1) is 11.8 Å². The molecule has 126 valence electrons. The van der Waals surface area contributed by atoms with E-state index in [0.29, 0.717) is 5.92 Å². The Morgan fingerprint density at radius 3 is 2.25 bits per heavy atom. The van der Waals surface area contributed by atoms with Crippen molar-refractivity contribution in [1.82, 2.24) is 4.90 Å². The normalized spacial score (nSPS) is 17.4. The number of hydrogen-bond acceptors (Lipinski definition) is 2. The second-order valence-electron chi connectivity index (χ2n) is 6.74. The molecule has 2 aromatic rings. The summed E-state index contributed by atoms with van der Waals surface area (Å²) in [6.07, 6.45) is 2.19. The Balaban J connectivity index is 1.48. The predicted molar refractivity (Wildman–Crippen MR) is 98.7 cm³/mol. The summed E-state index contributed by atoms with van der Waals surface area (Å²) in [6.45, 7) is 5.22. The molecule has 1 heterocycles. The zero-order valence-electron chi connectivity index (χ0n) is 14.3. The first-order valence-electron chi connectivity index (χ1n) is 8.84. The van der Waals surface area contributed by atoms with Gasteiger partial charge in [0.15, 0.2) is 0 Å². The van der Waals surface area contributed by atoms with Crippen molar-refractivity contribution in [1.29, 1.82) is 0 Å². The first-order chi connectivity index (χ1) is 11.7. The summed E-state index contributed by atoms with van der Waals surface area (Å²) in [6, 6.07) is 20.3. The van der Waals surface area contributed by atoms with Crippen molar-refractivity contribution < 1.29 is 4.79 Å². The predicted octanol–water partition coefficient (Wildman–Crippen LogP) is 4.17. The van der Waals surface area contributed by atoms with Gasteiger partial charge in [-0.25, -0.2) is 0 Å². The lowest BCUT2D eigenvalue weighted by molar-refractivity contribution is -0.121. The Labute approximate surface area is 144 Å². The van der Waals surface area contributed by atoms with Crippen LogP contribution in [-0.2, 0) is 11.3 Å². The smallest absolute Gasteiger partial charge is 0.227 e. The van der Waals surface area contributed by atoms with Crippen LogP contribution in [-0.4, -0.2) is 23.9 Å². The van der Waals surface area contributed by atoms with Crippen molar-refractivity contribution in [2.24, 2.45) is 11.8 Å². The summed E-state index contributed by atoms with van der Waals surface area (Å²) in [5.41, 5.74) is 2.25. The third-order valence-corrected chi connectivity index (χ3v) is 5.04. The number of para-hydroxylation sites is 1. The van der Waals surface area contributed by atoms with Crippen molar-refractivity contribution in [3.63, 3.8) is 0 Å². The van der Waals surface area contributed by atoms with Crippen LogP contribution in [0.15, 0.2) is 60.7 Å². The molecule has 1 saturated heterocycles. The molecular weight excluding hydrogens is 296 g/mol. The van der Waals surface area contributed by atoms with E-state index >= 15 is 0 Å². The van der Waals surface area contributed by atoms with Gasteiger partial charge in [-0.3, -0.25) is 9.69 Å². The second kappa shape index (κ2) is 8.11. The minimum absolute atomic E-state index is 0.0593. The van der Waals surface area contributed by atoms with Gasteiger partial charge in [0.25, 0.3) is 0 Å². The molecule has 3 nitrogen and oxygen atoms in total. The van der Waals surface area contributed by atoms with Crippen LogP contribution in [0.2, 0.25) is 0 Å². The van der Waals surface area contributed by atoms with Gasteiger partial charge in [0.2, 0.25) is 5.91 Å². The fourth-order valence-electron chi connectivity index (χ4n) is 3.44. The van der Waals surface area contributed by atoms with E-state index in [0.717, 1.165) is 38.2 Å². The number of piperidine rings is 1. The maximum Gasteiger partial charge on any atom is 0.227 e. The van der Waals surface area contributed by atoms with Crippen molar-refractivity contribution in [2.75, 3.05) is 18.4 Å². The molecule has 0 bridgehead atoms. The summed E-state index contributed by atoms with van der Waals surface area (Å²) < 4.78 is 0. The number of nitrogens with zero attached hydrogens (tertiary/aromatic N) is 1. The van der Waals surface area contributed by atoms with Gasteiger partial charge < -0.3 is 5.32 Å². The molecule has 1 unspecified atom stereocenters. The quantitative estimate of drug-likeness (QED) is 0.896. The molecule has 0 aliphatic carbocycles. The van der Waals surface area contributed by atoms with E-state index < -0.39 is 0 Å². The van der Waals surface area contributed by atoms with E-state index in [9.17, 15) is 4.79 Å². The number of likely N-dealkylation sites (tertiary alicyclic amines) is 1. The number of nitrogens with one attached hydrogen (secondary N) is 1. The highest BCUT2D eigenvalue weighted by Gasteiger charge is 2.28. The third-order valence-electron chi connectivity index (χ3n) is 5.04. The van der Waals surface area contributed by atoms with Crippen molar-refractivity contribution in [2.45, 2.75) is 26.3 Å². The molecule has 24 heavy (non-hydrogen) atoms. The maximum absolute atomic E-state index is 12.5. The van der Waals surface area contributed by atoms with Crippen molar-refractivity contribution in [3.8, 4) is 0 Å². The molecule has 3 heteroatoms. The fraction of sp³-hybridized carbons (Fsp3) is 0.381. The van der Waals surface area contributed by atoms with E-state index in [4.69, 9.17) is 0 Å². The molecule has 1 fully saturated rings. The molecule has 1 amide bonds. The summed E-state index contributed by atoms with van der Waals surface area (Å²) in [5, 5.41) is 3.04. The van der Waals surface area contributed by atoms with Crippen LogP contribution in [0.5, 0.6) is 0 Å². The van der Waals surface area contributed by atoms with Gasteiger partial charge >= 0.3 is 0 Å². The number of hydrogen-bond donors (Lipinski definition) is 1. The zero-order chi connectivity index (χ0) is 16.8. The maximum atomic E-state index is 12.5. The lowest BCUT2D eigenvalue weighted by Gasteiger charge is -2.34. The van der Waals surface area contributed by atoms with E-state index in [1.54, 1.807) is 0 Å². The summed E-state index contributed by atoms with van der Waals surface area (Å²) in [5.74, 6) is 0.674. The largest absolute Gasteiger partial charge is 0.326 e. The number of rotatable bonds is 5. The van der Waals surface area contributed by atoms with Gasteiger partial charge in [0.05, 0.1) is 0 Å². The van der Waals surface area contributed by atoms with Crippen LogP contribution in [0.4, 0.5) is 5.69 Å². The Morgan fingerprint density at radius 2 is 1.62 bits per heavy atom. The molecule has 1 atom stereocenters. The summed E-state index contributed by atoms with van der Waals surface area (Å²) in [4.78, 5) is 15.0. The van der Waals surface area contributed by atoms with Crippen LogP contribution in [0.1, 0.15) is 25.3 Å². The molecule has 1 N–H and O–H groups in total. The lowest BCUT2D eigenvalue weighted by Crippen LogP contribution is -2.38. The lowest BCUT2D eigenvalue weighted by atomic mass is 9.84. The molecule has 0 radical (unpaired) electrons. The Kier molecular flexibility index (Phi) is 5.65. The molecule has 0 saturated carbocycles. The van der Waals surface area contributed by atoms with Gasteiger partial charge in [-0.05, 0) is 49.5 Å². The van der Waals surface area contributed by atoms with Crippen LogP contribution < -0.4 is 5.32 Å². The number of anilines is 1. The standard InChI is InChI=1S/C21H26N2O/c1-17(21(24)22-20-10-6-3-7-11-20)19-12-14-23(15-13-19)16-18-8-4-2-5-9-18/h2-11,17,19H,12-16H2,1H3,(H,22,24). The van der Waals surface area contributed by atoms with E-state index in [1.807, 2.05) is 30.3 Å². The molecule has 3 rings (SSSR count). The highest BCUT2D eigenvalue weighted by atomic mass is 16.1. The fourth-order valence-corrected chi connectivity index (χ4v) is 3.44.